The lowest BCUT2D eigenvalue weighted by Crippen LogP contribution is -2.37. The van der Waals surface area contributed by atoms with E-state index >= 15 is 0 Å². The van der Waals surface area contributed by atoms with Crippen molar-refractivity contribution < 1.29 is 24.5 Å². The van der Waals surface area contributed by atoms with Crippen LogP contribution in [0.3, 0.4) is 0 Å². The van der Waals surface area contributed by atoms with Gasteiger partial charge in [0, 0.05) is 18.7 Å². The van der Waals surface area contributed by atoms with Gasteiger partial charge in [0.15, 0.2) is 0 Å². The fourth-order valence-corrected chi connectivity index (χ4v) is 2.26. The summed E-state index contributed by atoms with van der Waals surface area (Å²) >= 11 is 0. The molecule has 23 heavy (non-hydrogen) atoms. The smallest absolute Gasteiger partial charge is 0.320 e. The van der Waals surface area contributed by atoms with Crippen molar-refractivity contribution in [3.05, 3.63) is 23.3 Å². The minimum Gasteiger partial charge on any atom is -0.496 e. The Hall–Kier alpha value is -1.79. The molecule has 1 aromatic rings. The molecule has 1 atom stereocenters. The number of carbonyl (C=O) groups is 1. The summed E-state index contributed by atoms with van der Waals surface area (Å²) in [6, 6.07) is 3.07. The molecule has 0 amide bonds. The molecule has 0 aliphatic carbocycles. The first-order chi connectivity index (χ1) is 10.7. The number of hydrogen-bond acceptors (Lipinski definition) is 5. The Labute approximate surface area is 137 Å². The monoisotopic (exact) mass is 325 g/mol. The number of rotatable bonds is 8. The van der Waals surface area contributed by atoms with Crippen molar-refractivity contribution in [2.75, 3.05) is 20.8 Å². The van der Waals surface area contributed by atoms with E-state index in [0.717, 1.165) is 11.1 Å². The van der Waals surface area contributed by atoms with Gasteiger partial charge in [-0.15, -0.1) is 0 Å². The van der Waals surface area contributed by atoms with Gasteiger partial charge >= 0.3 is 5.97 Å². The van der Waals surface area contributed by atoms with E-state index in [-0.39, 0.29) is 25.0 Å². The van der Waals surface area contributed by atoms with E-state index in [2.05, 4.69) is 26.1 Å². The highest BCUT2D eigenvalue weighted by molar-refractivity contribution is 5.73. The topological polar surface area (TPSA) is 88.0 Å². The second kappa shape index (κ2) is 8.17. The number of carboxylic acids is 1. The van der Waals surface area contributed by atoms with Gasteiger partial charge in [0.1, 0.15) is 17.5 Å². The van der Waals surface area contributed by atoms with Crippen molar-refractivity contribution >= 4 is 5.97 Å². The lowest BCUT2D eigenvalue weighted by atomic mass is 9.86. The predicted molar refractivity (Wildman–Crippen MR) is 88.2 cm³/mol. The highest BCUT2D eigenvalue weighted by atomic mass is 16.5. The molecule has 0 radical (unpaired) electrons. The van der Waals surface area contributed by atoms with Crippen molar-refractivity contribution in [3.8, 4) is 11.5 Å². The molecular formula is C17H27NO5. The van der Waals surface area contributed by atoms with Crippen molar-refractivity contribution in [1.82, 2.24) is 5.32 Å². The molecule has 1 unspecified atom stereocenters. The fourth-order valence-electron chi connectivity index (χ4n) is 2.26. The summed E-state index contributed by atoms with van der Waals surface area (Å²) in [4.78, 5) is 11.2. The molecule has 1 rings (SSSR count). The molecule has 1 aromatic carbocycles. The molecule has 130 valence electrons. The van der Waals surface area contributed by atoms with E-state index in [1.54, 1.807) is 14.2 Å². The van der Waals surface area contributed by atoms with Gasteiger partial charge in [0.2, 0.25) is 0 Å². The van der Waals surface area contributed by atoms with E-state index < -0.39 is 12.0 Å². The average Bonchev–Trinajstić information content (AvgIpc) is 2.49. The summed E-state index contributed by atoms with van der Waals surface area (Å²) in [6.07, 6.45) is 0.139. The van der Waals surface area contributed by atoms with Crippen LogP contribution in [0.4, 0.5) is 0 Å². The molecule has 0 aromatic heterocycles. The number of aliphatic carboxylic acids is 1. The van der Waals surface area contributed by atoms with Crippen LogP contribution in [0.15, 0.2) is 12.1 Å². The summed E-state index contributed by atoms with van der Waals surface area (Å²) in [7, 11) is 3.15. The molecule has 0 heterocycles. The number of methoxy groups -OCH3 is 2. The zero-order valence-electron chi connectivity index (χ0n) is 14.5. The standard InChI is InChI=1S/C17H27NO5/c1-17(2,3)11-8-14(22-4)12(15(9-11)23-5)10-18-13(6-7-19)16(20)21/h8-9,13,18-19H,6-7,10H2,1-5H3,(H,20,21). The van der Waals surface area contributed by atoms with Crippen molar-refractivity contribution in [1.29, 1.82) is 0 Å². The van der Waals surface area contributed by atoms with E-state index in [4.69, 9.17) is 19.7 Å². The number of ether oxygens (including phenoxy) is 2. The normalized spacial score (nSPS) is 12.8. The molecule has 0 aliphatic heterocycles. The van der Waals surface area contributed by atoms with Gasteiger partial charge in [-0.2, -0.15) is 0 Å². The minimum absolute atomic E-state index is 0.0625. The summed E-state index contributed by atoms with van der Waals surface area (Å²) in [5.41, 5.74) is 1.76. The maximum absolute atomic E-state index is 11.2. The number of nitrogens with one attached hydrogen (secondary N) is 1. The Morgan fingerprint density at radius 3 is 2.09 bits per heavy atom. The van der Waals surface area contributed by atoms with Gasteiger partial charge in [-0.25, -0.2) is 0 Å². The van der Waals surface area contributed by atoms with Crippen LogP contribution < -0.4 is 14.8 Å². The molecule has 0 saturated carbocycles. The summed E-state index contributed by atoms with van der Waals surface area (Å²) in [6.45, 7) is 6.37. The highest BCUT2D eigenvalue weighted by Crippen LogP contribution is 2.35. The van der Waals surface area contributed by atoms with Crippen molar-refractivity contribution in [2.24, 2.45) is 0 Å². The maximum atomic E-state index is 11.2. The van der Waals surface area contributed by atoms with Crippen LogP contribution in [0, 0.1) is 0 Å². The van der Waals surface area contributed by atoms with Crippen LogP contribution >= 0.6 is 0 Å². The van der Waals surface area contributed by atoms with Gasteiger partial charge < -0.3 is 19.7 Å². The van der Waals surface area contributed by atoms with E-state index in [9.17, 15) is 4.79 Å². The van der Waals surface area contributed by atoms with Crippen LogP contribution in [0.5, 0.6) is 11.5 Å². The molecule has 0 fully saturated rings. The lowest BCUT2D eigenvalue weighted by Gasteiger charge is -2.23. The van der Waals surface area contributed by atoms with E-state index in [0.29, 0.717) is 11.5 Å². The van der Waals surface area contributed by atoms with Crippen molar-refractivity contribution in [2.45, 2.75) is 45.2 Å². The van der Waals surface area contributed by atoms with Gasteiger partial charge in [-0.1, -0.05) is 20.8 Å². The lowest BCUT2D eigenvalue weighted by molar-refractivity contribution is -0.140. The Morgan fingerprint density at radius 1 is 1.22 bits per heavy atom. The molecule has 0 spiro atoms. The Morgan fingerprint density at radius 2 is 1.74 bits per heavy atom. The second-order valence-electron chi connectivity index (χ2n) is 6.39. The number of hydrogen-bond donors (Lipinski definition) is 3. The third kappa shape index (κ3) is 5.11. The number of carboxylic acid groups (broad SMARTS) is 1. The second-order valence-corrected chi connectivity index (χ2v) is 6.39. The first kappa shape index (κ1) is 19.3. The summed E-state index contributed by atoms with van der Waals surface area (Å²) in [5, 5.41) is 21.0. The minimum atomic E-state index is -0.997. The Kier molecular flexibility index (Phi) is 6.84. The summed E-state index contributed by atoms with van der Waals surface area (Å²) in [5.74, 6) is 0.299. The third-order valence-electron chi connectivity index (χ3n) is 3.72. The van der Waals surface area contributed by atoms with E-state index in [1.807, 2.05) is 12.1 Å². The summed E-state index contributed by atoms with van der Waals surface area (Å²) < 4.78 is 10.9. The molecule has 0 bridgehead atoms. The quantitative estimate of drug-likeness (QED) is 0.677. The maximum Gasteiger partial charge on any atom is 0.320 e. The van der Waals surface area contributed by atoms with Crippen LogP contribution in [-0.4, -0.2) is 43.1 Å². The SMILES string of the molecule is COc1cc(C(C)(C)C)cc(OC)c1CNC(CCO)C(=O)O. The molecule has 6 nitrogen and oxygen atoms in total. The van der Waals surface area contributed by atoms with Crippen LogP contribution in [-0.2, 0) is 16.8 Å². The highest BCUT2D eigenvalue weighted by Gasteiger charge is 2.22. The van der Waals surface area contributed by atoms with E-state index in [1.165, 1.54) is 0 Å². The van der Waals surface area contributed by atoms with Gasteiger partial charge in [0.25, 0.3) is 0 Å². The fraction of sp³-hybridized carbons (Fsp3) is 0.588. The Balaban J connectivity index is 3.12. The first-order valence-electron chi connectivity index (χ1n) is 7.57. The van der Waals surface area contributed by atoms with Crippen LogP contribution in [0.2, 0.25) is 0 Å². The third-order valence-corrected chi connectivity index (χ3v) is 3.72. The molecule has 0 aliphatic rings. The number of aliphatic hydroxyl groups is 1. The molecule has 6 heteroatoms. The Bertz CT molecular complexity index is 511. The van der Waals surface area contributed by atoms with Gasteiger partial charge in [0.05, 0.1) is 14.2 Å². The largest absolute Gasteiger partial charge is 0.496 e. The zero-order valence-corrected chi connectivity index (χ0v) is 14.5. The zero-order chi connectivity index (χ0) is 17.6. The first-order valence-corrected chi connectivity index (χ1v) is 7.57. The number of aliphatic hydroxyl groups excluding tert-OH is 1. The molecule has 3 N–H and O–H groups in total. The predicted octanol–water partition coefficient (Wildman–Crippen LogP) is 1.93. The van der Waals surface area contributed by atoms with Gasteiger partial charge in [-0.3, -0.25) is 10.1 Å². The molecular weight excluding hydrogens is 298 g/mol. The number of benzene rings is 1. The molecule has 0 saturated heterocycles. The van der Waals surface area contributed by atoms with Crippen LogP contribution in [0.25, 0.3) is 0 Å². The average molecular weight is 325 g/mol. The van der Waals surface area contributed by atoms with Crippen LogP contribution in [0.1, 0.15) is 38.3 Å². The van der Waals surface area contributed by atoms with Gasteiger partial charge in [-0.05, 0) is 29.5 Å². The van der Waals surface area contributed by atoms with Crippen molar-refractivity contribution in [3.63, 3.8) is 0 Å².